The van der Waals surface area contributed by atoms with Crippen LogP contribution in [0.2, 0.25) is 10.0 Å². The standard InChI is InChI=1S/C11H10Cl2N2O2/c1-2-7(5-14)17-11(16)8-3-6(15)4-9(12)10(8)13/h3-4,7H,2,15H2,1H3. The van der Waals surface area contributed by atoms with Gasteiger partial charge in [0, 0.05) is 5.69 Å². The highest BCUT2D eigenvalue weighted by molar-refractivity contribution is 6.44. The van der Waals surface area contributed by atoms with Crippen LogP contribution in [0.5, 0.6) is 0 Å². The SMILES string of the molecule is CCC(C#N)OC(=O)c1cc(N)cc(Cl)c1Cl. The number of halogens is 2. The molecule has 0 aliphatic rings. The Morgan fingerprint density at radius 1 is 1.59 bits per heavy atom. The largest absolute Gasteiger partial charge is 0.443 e. The molecule has 6 heteroatoms. The molecule has 0 saturated carbocycles. The number of esters is 1. The first-order chi connectivity index (χ1) is 7.99. The molecule has 0 radical (unpaired) electrons. The Kier molecular flexibility index (Phi) is 4.62. The van der Waals surface area contributed by atoms with Gasteiger partial charge in [-0.15, -0.1) is 0 Å². The summed E-state index contributed by atoms with van der Waals surface area (Å²) in [6.45, 7) is 1.73. The van der Waals surface area contributed by atoms with E-state index in [4.69, 9.17) is 38.9 Å². The zero-order valence-electron chi connectivity index (χ0n) is 9.04. The summed E-state index contributed by atoms with van der Waals surface area (Å²) < 4.78 is 4.93. The second-order valence-electron chi connectivity index (χ2n) is 3.30. The molecule has 0 aliphatic heterocycles. The van der Waals surface area contributed by atoms with Crippen LogP contribution in [0.4, 0.5) is 5.69 Å². The van der Waals surface area contributed by atoms with Crippen LogP contribution >= 0.6 is 23.2 Å². The van der Waals surface area contributed by atoms with Gasteiger partial charge in [-0.05, 0) is 18.6 Å². The first-order valence-electron chi connectivity index (χ1n) is 4.84. The normalized spacial score (nSPS) is 11.6. The lowest BCUT2D eigenvalue weighted by molar-refractivity contribution is 0.0401. The van der Waals surface area contributed by atoms with E-state index in [0.717, 1.165) is 0 Å². The maximum absolute atomic E-state index is 11.7. The van der Waals surface area contributed by atoms with E-state index in [2.05, 4.69) is 0 Å². The monoisotopic (exact) mass is 272 g/mol. The molecule has 0 aliphatic carbocycles. The molecule has 17 heavy (non-hydrogen) atoms. The molecule has 1 aromatic rings. The first-order valence-corrected chi connectivity index (χ1v) is 5.60. The van der Waals surface area contributed by atoms with Gasteiger partial charge in [-0.3, -0.25) is 0 Å². The van der Waals surface area contributed by atoms with Crippen molar-refractivity contribution in [2.75, 3.05) is 5.73 Å². The van der Waals surface area contributed by atoms with E-state index in [0.29, 0.717) is 12.1 Å². The average molecular weight is 273 g/mol. The fourth-order valence-electron chi connectivity index (χ4n) is 1.15. The number of ether oxygens (including phenoxy) is 1. The molecule has 4 nitrogen and oxygen atoms in total. The van der Waals surface area contributed by atoms with Crippen LogP contribution in [-0.2, 0) is 4.74 Å². The Bertz CT molecular complexity index is 483. The third-order valence-corrected chi connectivity index (χ3v) is 2.84. The number of hydrogen-bond acceptors (Lipinski definition) is 4. The zero-order chi connectivity index (χ0) is 13.0. The topological polar surface area (TPSA) is 76.1 Å². The molecule has 2 N–H and O–H groups in total. The van der Waals surface area contributed by atoms with Crippen molar-refractivity contribution in [2.24, 2.45) is 0 Å². The molecule has 0 fully saturated rings. The van der Waals surface area contributed by atoms with Gasteiger partial charge in [-0.2, -0.15) is 5.26 Å². The smallest absolute Gasteiger partial charge is 0.341 e. The number of rotatable bonds is 3. The molecule has 1 unspecified atom stereocenters. The Hall–Kier alpha value is -1.44. The van der Waals surface area contributed by atoms with Crippen LogP contribution in [0, 0.1) is 11.3 Å². The van der Waals surface area contributed by atoms with Crippen molar-refractivity contribution in [3.05, 3.63) is 27.7 Å². The molecule has 90 valence electrons. The van der Waals surface area contributed by atoms with Gasteiger partial charge in [0.2, 0.25) is 0 Å². The lowest BCUT2D eigenvalue weighted by atomic mass is 10.2. The number of hydrogen-bond donors (Lipinski definition) is 1. The predicted molar refractivity (Wildman–Crippen MR) is 66.0 cm³/mol. The van der Waals surface area contributed by atoms with E-state index in [1.54, 1.807) is 6.92 Å². The molecule has 1 aromatic carbocycles. The maximum atomic E-state index is 11.7. The lowest BCUT2D eigenvalue weighted by Gasteiger charge is -2.10. The van der Waals surface area contributed by atoms with Crippen LogP contribution < -0.4 is 5.73 Å². The molecule has 0 aromatic heterocycles. The molecule has 0 bridgehead atoms. The molecule has 0 amide bonds. The van der Waals surface area contributed by atoms with Gasteiger partial charge in [0.05, 0.1) is 15.6 Å². The van der Waals surface area contributed by atoms with Crippen LogP contribution in [0.15, 0.2) is 12.1 Å². The predicted octanol–water partition coefficient (Wildman–Crippen LogP) is 3.03. The molecule has 0 saturated heterocycles. The van der Waals surface area contributed by atoms with Crippen molar-refractivity contribution in [1.29, 1.82) is 5.26 Å². The van der Waals surface area contributed by atoms with Gasteiger partial charge in [-0.25, -0.2) is 4.79 Å². The minimum absolute atomic E-state index is 0.0605. The lowest BCUT2D eigenvalue weighted by Crippen LogP contribution is -2.16. The van der Waals surface area contributed by atoms with E-state index >= 15 is 0 Å². The number of nitrogens with zero attached hydrogens (tertiary/aromatic N) is 1. The van der Waals surface area contributed by atoms with Crippen LogP contribution in [0.3, 0.4) is 0 Å². The van der Waals surface area contributed by atoms with Crippen molar-refractivity contribution in [3.63, 3.8) is 0 Å². The maximum Gasteiger partial charge on any atom is 0.341 e. The van der Waals surface area contributed by atoms with E-state index in [-0.39, 0.29) is 15.6 Å². The molecule has 1 atom stereocenters. The third-order valence-electron chi connectivity index (χ3n) is 2.03. The fraction of sp³-hybridized carbons (Fsp3) is 0.273. The van der Waals surface area contributed by atoms with Crippen LogP contribution in [0.1, 0.15) is 23.7 Å². The minimum atomic E-state index is -0.807. The summed E-state index contributed by atoms with van der Waals surface area (Å²) in [7, 11) is 0. The van der Waals surface area contributed by atoms with Gasteiger partial charge in [0.1, 0.15) is 6.07 Å². The van der Waals surface area contributed by atoms with Gasteiger partial charge in [-0.1, -0.05) is 30.1 Å². The van der Waals surface area contributed by atoms with Gasteiger partial charge >= 0.3 is 5.97 Å². The van der Waals surface area contributed by atoms with Gasteiger partial charge < -0.3 is 10.5 Å². The number of carbonyl (C=O) groups excluding carboxylic acids is 1. The van der Waals surface area contributed by atoms with Crippen molar-refractivity contribution in [1.82, 2.24) is 0 Å². The van der Waals surface area contributed by atoms with Gasteiger partial charge in [0.25, 0.3) is 0 Å². The Labute approximate surface area is 109 Å². The number of carbonyl (C=O) groups is 1. The summed E-state index contributed by atoms with van der Waals surface area (Å²) >= 11 is 11.6. The number of nitrogens with two attached hydrogens (primary N) is 1. The quantitative estimate of drug-likeness (QED) is 0.678. The number of nitriles is 1. The van der Waals surface area contributed by atoms with E-state index < -0.39 is 12.1 Å². The number of nitrogen functional groups attached to an aromatic ring is 1. The van der Waals surface area contributed by atoms with Gasteiger partial charge in [0.15, 0.2) is 6.10 Å². The van der Waals surface area contributed by atoms with E-state index in [9.17, 15) is 4.79 Å². The summed E-state index contributed by atoms with van der Waals surface area (Å²) in [6, 6.07) is 4.65. The molecule has 0 heterocycles. The number of anilines is 1. The second kappa shape index (κ2) is 5.76. The molecular weight excluding hydrogens is 263 g/mol. The van der Waals surface area contributed by atoms with Crippen molar-refractivity contribution >= 4 is 34.9 Å². The molecule has 0 spiro atoms. The fourth-order valence-corrected chi connectivity index (χ4v) is 1.57. The van der Waals surface area contributed by atoms with Crippen LogP contribution in [0.25, 0.3) is 0 Å². The van der Waals surface area contributed by atoms with E-state index in [1.807, 2.05) is 6.07 Å². The Morgan fingerprint density at radius 3 is 2.76 bits per heavy atom. The zero-order valence-corrected chi connectivity index (χ0v) is 10.5. The summed E-state index contributed by atoms with van der Waals surface area (Å²) in [5, 5.41) is 8.93. The second-order valence-corrected chi connectivity index (χ2v) is 4.08. The van der Waals surface area contributed by atoms with Crippen LogP contribution in [-0.4, -0.2) is 12.1 Å². The Balaban J connectivity index is 3.01. The molecule has 1 rings (SSSR count). The molecular formula is C11H10Cl2N2O2. The highest BCUT2D eigenvalue weighted by Crippen LogP contribution is 2.29. The summed E-state index contributed by atoms with van der Waals surface area (Å²) in [5.41, 5.74) is 5.91. The summed E-state index contributed by atoms with van der Waals surface area (Å²) in [4.78, 5) is 11.7. The van der Waals surface area contributed by atoms with Crippen molar-refractivity contribution in [2.45, 2.75) is 19.4 Å². The van der Waals surface area contributed by atoms with E-state index in [1.165, 1.54) is 12.1 Å². The summed E-state index contributed by atoms with van der Waals surface area (Å²) in [5.74, 6) is -0.711. The van der Waals surface area contributed by atoms with Crippen molar-refractivity contribution < 1.29 is 9.53 Å². The number of benzene rings is 1. The highest BCUT2D eigenvalue weighted by Gasteiger charge is 2.18. The average Bonchev–Trinajstić information content (AvgIpc) is 2.30. The summed E-state index contributed by atoms with van der Waals surface area (Å²) in [6.07, 6.45) is -0.408. The highest BCUT2D eigenvalue weighted by atomic mass is 35.5. The third kappa shape index (κ3) is 3.26. The minimum Gasteiger partial charge on any atom is -0.443 e. The first kappa shape index (κ1) is 13.6. The Morgan fingerprint density at radius 2 is 2.24 bits per heavy atom. The van der Waals surface area contributed by atoms with Crippen molar-refractivity contribution in [3.8, 4) is 6.07 Å².